The van der Waals surface area contributed by atoms with Gasteiger partial charge in [-0.25, -0.2) is 14.8 Å². The standard InChI is InChI=1S/C53H31N5O/c1-54-43-32-48(57-44-27-12-8-21-35(44)36-22-9-13-28-45(36)57)49-39-25-16-26-40(53-55-41(33-17-4-2-5-18-33)31-42(56-53)34-19-6-3-7-20-34)51(39)59-52(49)50(43)58-46-29-14-10-23-37(46)38-24-11-15-30-47(38)58/h2-32H. The summed E-state index contributed by atoms with van der Waals surface area (Å²) in [6, 6.07) is 64.5. The van der Waals surface area contributed by atoms with Crippen LogP contribution in [0.4, 0.5) is 5.69 Å². The van der Waals surface area contributed by atoms with Gasteiger partial charge < -0.3 is 13.6 Å². The summed E-state index contributed by atoms with van der Waals surface area (Å²) in [5.41, 5.74) is 11.8. The summed E-state index contributed by atoms with van der Waals surface area (Å²) >= 11 is 0. The van der Waals surface area contributed by atoms with Crippen molar-refractivity contribution in [1.82, 2.24) is 19.1 Å². The zero-order chi connectivity index (χ0) is 39.0. The Labute approximate surface area is 338 Å². The summed E-state index contributed by atoms with van der Waals surface area (Å²) < 4.78 is 11.8. The molecule has 59 heavy (non-hydrogen) atoms. The number of aromatic nitrogens is 4. The molecule has 0 atom stereocenters. The van der Waals surface area contributed by atoms with Gasteiger partial charge in [-0.2, -0.15) is 0 Å². The van der Waals surface area contributed by atoms with Gasteiger partial charge in [-0.15, -0.1) is 0 Å². The van der Waals surface area contributed by atoms with Crippen LogP contribution in [-0.2, 0) is 0 Å². The van der Waals surface area contributed by atoms with Crippen LogP contribution >= 0.6 is 0 Å². The molecule has 0 N–H and O–H groups in total. The lowest BCUT2D eigenvalue weighted by molar-refractivity contribution is 0.667. The molecule has 0 aliphatic rings. The molecule has 12 rings (SSSR count). The molecule has 6 heteroatoms. The van der Waals surface area contributed by atoms with E-state index in [9.17, 15) is 0 Å². The van der Waals surface area contributed by atoms with E-state index in [2.05, 4.69) is 160 Å². The van der Waals surface area contributed by atoms with Gasteiger partial charge in [0.15, 0.2) is 11.4 Å². The summed E-state index contributed by atoms with van der Waals surface area (Å²) in [7, 11) is 0. The average Bonchev–Trinajstić information content (AvgIpc) is 3.97. The molecule has 0 fully saturated rings. The van der Waals surface area contributed by atoms with Gasteiger partial charge >= 0.3 is 0 Å². The molecule has 0 unspecified atom stereocenters. The maximum absolute atomic E-state index is 8.79. The molecule has 12 aromatic rings. The Kier molecular flexibility index (Phi) is 7.19. The number of nitrogens with zero attached hydrogens (tertiary/aromatic N) is 5. The Morgan fingerprint density at radius 1 is 0.441 bits per heavy atom. The Balaban J connectivity index is 1.25. The second-order valence-electron chi connectivity index (χ2n) is 14.8. The van der Waals surface area contributed by atoms with Crippen molar-refractivity contribution < 1.29 is 4.42 Å². The number of hydrogen-bond donors (Lipinski definition) is 0. The normalized spacial score (nSPS) is 11.7. The summed E-state index contributed by atoms with van der Waals surface area (Å²) in [6.45, 7) is 8.79. The number of furan rings is 1. The van der Waals surface area contributed by atoms with E-state index < -0.39 is 0 Å². The summed E-state index contributed by atoms with van der Waals surface area (Å²) in [4.78, 5) is 14.8. The lowest BCUT2D eigenvalue weighted by Crippen LogP contribution is -2.00. The number of fused-ring (bicyclic) bond motifs is 9. The highest BCUT2D eigenvalue weighted by Gasteiger charge is 2.27. The van der Waals surface area contributed by atoms with Crippen LogP contribution < -0.4 is 0 Å². The van der Waals surface area contributed by atoms with Gasteiger partial charge in [0.05, 0.1) is 56.7 Å². The predicted octanol–water partition coefficient (Wildman–Crippen LogP) is 14.1. The van der Waals surface area contributed by atoms with Crippen molar-refractivity contribution in [2.45, 2.75) is 0 Å². The highest BCUT2D eigenvalue weighted by molar-refractivity contribution is 6.20. The highest BCUT2D eigenvalue weighted by Crippen LogP contribution is 2.48. The van der Waals surface area contributed by atoms with Gasteiger partial charge in [-0.05, 0) is 42.5 Å². The zero-order valence-corrected chi connectivity index (χ0v) is 31.5. The Bertz CT molecular complexity index is 3520. The van der Waals surface area contributed by atoms with E-state index in [0.29, 0.717) is 28.4 Å². The first kappa shape index (κ1) is 32.9. The molecular weight excluding hydrogens is 723 g/mol. The van der Waals surface area contributed by atoms with E-state index in [0.717, 1.165) is 88.1 Å². The molecule has 0 radical (unpaired) electrons. The van der Waals surface area contributed by atoms with Crippen LogP contribution in [0.2, 0.25) is 0 Å². The van der Waals surface area contributed by atoms with E-state index in [1.165, 1.54) is 0 Å². The van der Waals surface area contributed by atoms with Gasteiger partial charge in [0.2, 0.25) is 5.69 Å². The van der Waals surface area contributed by atoms with E-state index in [-0.39, 0.29) is 0 Å². The zero-order valence-electron chi connectivity index (χ0n) is 31.5. The fourth-order valence-corrected chi connectivity index (χ4v) is 9.01. The molecule has 274 valence electrons. The quantitative estimate of drug-likeness (QED) is 0.164. The van der Waals surface area contributed by atoms with Crippen LogP contribution in [0.15, 0.2) is 192 Å². The van der Waals surface area contributed by atoms with Gasteiger partial charge in [0, 0.05) is 43.7 Å². The molecule has 6 nitrogen and oxygen atoms in total. The first-order valence-electron chi connectivity index (χ1n) is 19.6. The van der Waals surface area contributed by atoms with Crippen molar-refractivity contribution in [3.8, 4) is 45.3 Å². The van der Waals surface area contributed by atoms with E-state index in [1.807, 2.05) is 42.5 Å². The minimum Gasteiger partial charge on any atom is -0.454 e. The van der Waals surface area contributed by atoms with Crippen molar-refractivity contribution in [3.63, 3.8) is 0 Å². The molecule has 0 amide bonds. The van der Waals surface area contributed by atoms with Crippen LogP contribution in [0.5, 0.6) is 0 Å². The number of rotatable bonds is 5. The van der Waals surface area contributed by atoms with Crippen molar-refractivity contribution in [2.75, 3.05) is 0 Å². The fourth-order valence-electron chi connectivity index (χ4n) is 9.01. The highest BCUT2D eigenvalue weighted by atomic mass is 16.3. The molecule has 0 aliphatic heterocycles. The van der Waals surface area contributed by atoms with E-state index in [4.69, 9.17) is 21.0 Å². The van der Waals surface area contributed by atoms with Crippen LogP contribution in [0.1, 0.15) is 0 Å². The number of para-hydroxylation sites is 5. The molecule has 0 spiro atoms. The Hall–Kier alpha value is -8.27. The van der Waals surface area contributed by atoms with Crippen molar-refractivity contribution in [3.05, 3.63) is 199 Å². The van der Waals surface area contributed by atoms with Crippen molar-refractivity contribution in [1.29, 1.82) is 0 Å². The summed E-state index contributed by atoms with van der Waals surface area (Å²) in [5.74, 6) is 0.553. The van der Waals surface area contributed by atoms with Crippen LogP contribution in [0, 0.1) is 6.57 Å². The maximum atomic E-state index is 8.79. The Morgan fingerprint density at radius 2 is 0.898 bits per heavy atom. The number of benzene rings is 8. The fraction of sp³-hybridized carbons (Fsp3) is 0. The van der Waals surface area contributed by atoms with Crippen LogP contribution in [-0.4, -0.2) is 19.1 Å². The number of hydrogen-bond acceptors (Lipinski definition) is 3. The molecule has 0 bridgehead atoms. The molecule has 4 heterocycles. The third-order valence-electron chi connectivity index (χ3n) is 11.6. The average molecular weight is 754 g/mol. The first-order chi connectivity index (χ1) is 29.2. The second kappa shape index (κ2) is 12.9. The lowest BCUT2D eigenvalue weighted by atomic mass is 10.0. The molecule has 0 saturated carbocycles. The molecule has 4 aromatic heterocycles. The van der Waals surface area contributed by atoms with E-state index in [1.54, 1.807) is 0 Å². The maximum Gasteiger partial charge on any atom is 0.216 e. The van der Waals surface area contributed by atoms with Crippen LogP contribution in [0.25, 0.3) is 116 Å². The summed E-state index contributed by atoms with van der Waals surface area (Å²) in [6.07, 6.45) is 0. The largest absolute Gasteiger partial charge is 0.454 e. The smallest absolute Gasteiger partial charge is 0.216 e. The predicted molar refractivity (Wildman–Crippen MR) is 241 cm³/mol. The topological polar surface area (TPSA) is 53.1 Å². The SMILES string of the molecule is [C-]#[N+]c1cc(-n2c3ccccc3c3ccccc32)c2c(oc3c(-c4nc(-c5ccccc5)cc(-c5ccccc5)n4)cccc32)c1-n1c2ccccc2c2ccccc21. The van der Waals surface area contributed by atoms with Gasteiger partial charge in [0.1, 0.15) is 5.58 Å². The van der Waals surface area contributed by atoms with Crippen molar-refractivity contribution >= 4 is 71.2 Å². The summed E-state index contributed by atoms with van der Waals surface area (Å²) in [5, 5.41) is 6.30. The lowest BCUT2D eigenvalue weighted by Gasteiger charge is -2.16. The van der Waals surface area contributed by atoms with Crippen molar-refractivity contribution in [2.24, 2.45) is 0 Å². The van der Waals surface area contributed by atoms with Gasteiger partial charge in [-0.1, -0.05) is 146 Å². The van der Waals surface area contributed by atoms with Crippen LogP contribution in [0.3, 0.4) is 0 Å². The monoisotopic (exact) mass is 753 g/mol. The van der Waals surface area contributed by atoms with Gasteiger partial charge in [0.25, 0.3) is 0 Å². The molecule has 0 saturated heterocycles. The third-order valence-corrected chi connectivity index (χ3v) is 11.6. The third kappa shape index (κ3) is 4.92. The molecular formula is C53H31N5O. The first-order valence-corrected chi connectivity index (χ1v) is 19.6. The minimum atomic E-state index is 0.482. The van der Waals surface area contributed by atoms with Gasteiger partial charge in [-0.3, -0.25) is 0 Å². The second-order valence-corrected chi connectivity index (χ2v) is 14.8. The molecule has 0 aliphatic carbocycles. The molecule has 8 aromatic carbocycles. The Morgan fingerprint density at radius 3 is 1.41 bits per heavy atom. The minimum absolute atomic E-state index is 0.482. The van der Waals surface area contributed by atoms with E-state index >= 15 is 0 Å².